The number of nitrogens with one attached hydrogen (secondary N) is 1. The molecule has 0 spiro atoms. The maximum atomic E-state index is 12.6. The number of urea groups is 1. The third-order valence-corrected chi connectivity index (χ3v) is 4.44. The van der Waals surface area contributed by atoms with Gasteiger partial charge in [0.1, 0.15) is 0 Å². The van der Waals surface area contributed by atoms with E-state index in [1.807, 2.05) is 31.2 Å². The normalized spacial score (nSPS) is 16.7. The lowest BCUT2D eigenvalue weighted by Gasteiger charge is -2.23. The number of carbonyl (C=O) groups excluding carboxylic acids is 1. The molecule has 0 radical (unpaired) electrons. The topological polar surface area (TPSA) is 32.3 Å². The molecule has 0 bridgehead atoms. The van der Waals surface area contributed by atoms with E-state index in [0.29, 0.717) is 15.7 Å². The summed E-state index contributed by atoms with van der Waals surface area (Å²) >= 11 is 12.1. The molecule has 2 amide bonds. The summed E-state index contributed by atoms with van der Waals surface area (Å²) in [5.74, 6) is 0. The fraction of sp³-hybridized carbons (Fsp3) is 0.188. The Morgan fingerprint density at radius 1 is 1.19 bits per heavy atom. The Bertz CT molecular complexity index is 702. The third kappa shape index (κ3) is 2.59. The van der Waals surface area contributed by atoms with E-state index >= 15 is 0 Å². The highest BCUT2D eigenvalue weighted by Crippen LogP contribution is 2.34. The SMILES string of the molecule is CC1Cc2ccccc2N1C(=O)Nc1cccc(Cl)c1Cl. The zero-order valence-electron chi connectivity index (χ0n) is 11.4. The number of anilines is 2. The van der Waals surface area contributed by atoms with Gasteiger partial charge in [0.15, 0.2) is 0 Å². The lowest BCUT2D eigenvalue weighted by molar-refractivity contribution is 0.256. The van der Waals surface area contributed by atoms with E-state index in [1.54, 1.807) is 23.1 Å². The standard InChI is InChI=1S/C16H14Cl2N2O/c1-10-9-11-5-2-3-8-14(11)20(10)16(21)19-13-7-4-6-12(17)15(13)18/h2-8,10H,9H2,1H3,(H,19,21). The summed E-state index contributed by atoms with van der Waals surface area (Å²) in [6.45, 7) is 2.03. The molecule has 3 rings (SSSR count). The fourth-order valence-electron chi connectivity index (χ4n) is 2.65. The number of benzene rings is 2. The molecule has 1 atom stereocenters. The van der Waals surface area contributed by atoms with Gasteiger partial charge in [0.05, 0.1) is 15.7 Å². The molecular weight excluding hydrogens is 307 g/mol. The Morgan fingerprint density at radius 3 is 2.76 bits per heavy atom. The number of carbonyl (C=O) groups is 1. The van der Waals surface area contributed by atoms with Crippen molar-refractivity contribution < 1.29 is 4.79 Å². The van der Waals surface area contributed by atoms with E-state index in [4.69, 9.17) is 23.2 Å². The first kappa shape index (κ1) is 14.2. The van der Waals surface area contributed by atoms with Crippen LogP contribution < -0.4 is 10.2 Å². The van der Waals surface area contributed by atoms with Crippen molar-refractivity contribution in [1.82, 2.24) is 0 Å². The van der Waals surface area contributed by atoms with Crippen LogP contribution in [0.25, 0.3) is 0 Å². The highest BCUT2D eigenvalue weighted by atomic mass is 35.5. The third-order valence-electron chi connectivity index (χ3n) is 3.62. The summed E-state index contributed by atoms with van der Waals surface area (Å²) in [6.07, 6.45) is 0.854. The summed E-state index contributed by atoms with van der Waals surface area (Å²) in [4.78, 5) is 14.3. The average molecular weight is 321 g/mol. The molecule has 1 heterocycles. The molecule has 2 aromatic rings. The quantitative estimate of drug-likeness (QED) is 0.789. The Hall–Kier alpha value is -1.71. The van der Waals surface area contributed by atoms with Crippen LogP contribution in [-0.2, 0) is 6.42 Å². The van der Waals surface area contributed by atoms with Gasteiger partial charge < -0.3 is 5.32 Å². The molecule has 21 heavy (non-hydrogen) atoms. The second-order valence-electron chi connectivity index (χ2n) is 5.08. The number of para-hydroxylation sites is 1. The lowest BCUT2D eigenvalue weighted by atomic mass is 10.1. The van der Waals surface area contributed by atoms with Crippen molar-refractivity contribution in [2.75, 3.05) is 10.2 Å². The molecule has 1 aliphatic rings. The van der Waals surface area contributed by atoms with Crippen LogP contribution in [0.4, 0.5) is 16.2 Å². The molecule has 1 unspecified atom stereocenters. The van der Waals surface area contributed by atoms with Gasteiger partial charge in [-0.1, -0.05) is 47.5 Å². The number of fused-ring (bicyclic) bond motifs is 1. The average Bonchev–Trinajstić information content (AvgIpc) is 2.79. The van der Waals surface area contributed by atoms with Crippen molar-refractivity contribution in [1.29, 1.82) is 0 Å². The van der Waals surface area contributed by atoms with Crippen LogP contribution in [0.3, 0.4) is 0 Å². The lowest BCUT2D eigenvalue weighted by Crippen LogP contribution is -2.39. The van der Waals surface area contributed by atoms with Gasteiger partial charge in [0.2, 0.25) is 0 Å². The van der Waals surface area contributed by atoms with E-state index in [0.717, 1.165) is 12.1 Å². The van der Waals surface area contributed by atoms with Crippen molar-refractivity contribution in [3.63, 3.8) is 0 Å². The minimum atomic E-state index is -0.198. The smallest absolute Gasteiger partial charge is 0.306 e. The predicted octanol–water partition coefficient (Wildman–Crippen LogP) is 4.98. The van der Waals surface area contributed by atoms with Gasteiger partial charge in [-0.05, 0) is 37.1 Å². The van der Waals surface area contributed by atoms with Gasteiger partial charge in [-0.2, -0.15) is 0 Å². The van der Waals surface area contributed by atoms with Crippen LogP contribution in [0.2, 0.25) is 10.0 Å². The van der Waals surface area contributed by atoms with E-state index in [-0.39, 0.29) is 12.1 Å². The molecule has 3 nitrogen and oxygen atoms in total. The first-order chi connectivity index (χ1) is 10.1. The van der Waals surface area contributed by atoms with Gasteiger partial charge in [-0.3, -0.25) is 4.90 Å². The van der Waals surface area contributed by atoms with Crippen molar-refractivity contribution in [2.45, 2.75) is 19.4 Å². The second-order valence-corrected chi connectivity index (χ2v) is 5.87. The van der Waals surface area contributed by atoms with Crippen molar-refractivity contribution in [3.8, 4) is 0 Å². The van der Waals surface area contributed by atoms with E-state index in [2.05, 4.69) is 5.32 Å². The highest BCUT2D eigenvalue weighted by Gasteiger charge is 2.30. The zero-order chi connectivity index (χ0) is 15.0. The monoisotopic (exact) mass is 320 g/mol. The minimum absolute atomic E-state index is 0.111. The number of halogens is 2. The van der Waals surface area contributed by atoms with Gasteiger partial charge in [0, 0.05) is 11.7 Å². The number of amides is 2. The maximum absolute atomic E-state index is 12.6. The minimum Gasteiger partial charge on any atom is -0.306 e. The molecule has 5 heteroatoms. The van der Waals surface area contributed by atoms with Crippen molar-refractivity contribution in [2.24, 2.45) is 0 Å². The molecule has 0 saturated carbocycles. The van der Waals surface area contributed by atoms with Crippen molar-refractivity contribution in [3.05, 3.63) is 58.1 Å². The van der Waals surface area contributed by atoms with Gasteiger partial charge in [-0.15, -0.1) is 0 Å². The highest BCUT2D eigenvalue weighted by molar-refractivity contribution is 6.44. The largest absolute Gasteiger partial charge is 0.326 e. The molecule has 0 aromatic heterocycles. The van der Waals surface area contributed by atoms with E-state index in [1.165, 1.54) is 5.56 Å². The molecule has 2 aromatic carbocycles. The van der Waals surface area contributed by atoms with Gasteiger partial charge in [0.25, 0.3) is 0 Å². The van der Waals surface area contributed by atoms with Crippen LogP contribution in [0.1, 0.15) is 12.5 Å². The summed E-state index contributed by atoms with van der Waals surface area (Å²) in [5, 5.41) is 3.61. The summed E-state index contributed by atoms with van der Waals surface area (Å²) in [6, 6.07) is 13.0. The molecule has 1 N–H and O–H groups in total. The summed E-state index contributed by atoms with van der Waals surface area (Å²) in [7, 11) is 0. The van der Waals surface area contributed by atoms with Crippen molar-refractivity contribution >= 4 is 40.6 Å². The first-order valence-corrected chi connectivity index (χ1v) is 7.45. The number of hydrogen-bond acceptors (Lipinski definition) is 1. The van der Waals surface area contributed by atoms with Gasteiger partial charge in [-0.25, -0.2) is 4.79 Å². The molecular formula is C16H14Cl2N2O. The molecule has 1 aliphatic heterocycles. The molecule has 108 valence electrons. The molecule has 0 aliphatic carbocycles. The zero-order valence-corrected chi connectivity index (χ0v) is 12.9. The second kappa shape index (κ2) is 5.58. The van der Waals surface area contributed by atoms with E-state index in [9.17, 15) is 4.79 Å². The van der Waals surface area contributed by atoms with Crippen LogP contribution in [0, 0.1) is 0 Å². The number of hydrogen-bond donors (Lipinski definition) is 1. The van der Waals surface area contributed by atoms with Crippen LogP contribution >= 0.6 is 23.2 Å². The van der Waals surface area contributed by atoms with Crippen LogP contribution in [0.15, 0.2) is 42.5 Å². The number of rotatable bonds is 1. The van der Waals surface area contributed by atoms with E-state index < -0.39 is 0 Å². The Morgan fingerprint density at radius 2 is 1.95 bits per heavy atom. The van der Waals surface area contributed by atoms with Crippen LogP contribution in [0.5, 0.6) is 0 Å². The number of nitrogens with zero attached hydrogens (tertiary/aromatic N) is 1. The maximum Gasteiger partial charge on any atom is 0.326 e. The molecule has 0 saturated heterocycles. The molecule has 0 fully saturated rings. The Labute approximate surface area is 133 Å². The summed E-state index contributed by atoms with van der Waals surface area (Å²) < 4.78 is 0. The Kier molecular flexibility index (Phi) is 3.79. The summed E-state index contributed by atoms with van der Waals surface area (Å²) in [5.41, 5.74) is 2.64. The first-order valence-electron chi connectivity index (χ1n) is 6.70. The van der Waals surface area contributed by atoms with Crippen LogP contribution in [-0.4, -0.2) is 12.1 Å². The Balaban J connectivity index is 1.88. The predicted molar refractivity (Wildman–Crippen MR) is 87.6 cm³/mol. The van der Waals surface area contributed by atoms with Gasteiger partial charge >= 0.3 is 6.03 Å². The fourth-order valence-corrected chi connectivity index (χ4v) is 3.00.